The van der Waals surface area contributed by atoms with Crippen LogP contribution in [0.1, 0.15) is 24.2 Å². The molecule has 0 aliphatic rings. The largest absolute Gasteiger partial charge is 0.360 e. The molecule has 1 N–H and O–H groups in total. The molecule has 108 valence electrons. The predicted molar refractivity (Wildman–Crippen MR) is 85.8 cm³/mol. The van der Waals surface area contributed by atoms with Gasteiger partial charge in [-0.1, -0.05) is 30.0 Å². The fourth-order valence-corrected chi connectivity index (χ4v) is 3.36. The topological polar surface area (TPSA) is 50.7 Å². The van der Waals surface area contributed by atoms with Crippen molar-refractivity contribution in [1.82, 2.24) is 14.5 Å². The van der Waals surface area contributed by atoms with Crippen molar-refractivity contribution < 1.29 is 4.79 Å². The molecule has 2 aromatic heterocycles. The minimum atomic E-state index is -0.170. The Labute approximate surface area is 127 Å². The summed E-state index contributed by atoms with van der Waals surface area (Å²) in [5, 5.41) is 1.70. The first-order chi connectivity index (χ1) is 10.2. The predicted octanol–water partition coefficient (Wildman–Crippen LogP) is 3.75. The number of hydrogen-bond donors (Lipinski definition) is 1. The molecule has 0 radical (unpaired) electrons. The van der Waals surface area contributed by atoms with Crippen LogP contribution in [0, 0.1) is 0 Å². The number of hydrogen-bond acceptors (Lipinski definition) is 3. The number of benzene rings is 1. The summed E-state index contributed by atoms with van der Waals surface area (Å²) in [6, 6.07) is 7.87. The lowest BCUT2D eigenvalue weighted by atomic mass is 10.1. The van der Waals surface area contributed by atoms with E-state index in [-0.39, 0.29) is 11.0 Å². The van der Waals surface area contributed by atoms with Gasteiger partial charge in [0.2, 0.25) is 0 Å². The zero-order valence-corrected chi connectivity index (χ0v) is 12.9. The Morgan fingerprint density at radius 3 is 3.05 bits per heavy atom. The van der Waals surface area contributed by atoms with Crippen LogP contribution in [-0.4, -0.2) is 25.6 Å². The van der Waals surface area contributed by atoms with Crippen LogP contribution < -0.4 is 0 Å². The highest BCUT2D eigenvalue weighted by atomic mass is 32.2. The van der Waals surface area contributed by atoms with Gasteiger partial charge in [-0.2, -0.15) is 0 Å². The minimum Gasteiger partial charge on any atom is -0.360 e. The number of rotatable bonds is 5. The highest BCUT2D eigenvalue weighted by molar-refractivity contribution is 8.00. The average molecular weight is 299 g/mol. The number of aromatic amines is 1. The third-order valence-electron chi connectivity index (χ3n) is 3.52. The van der Waals surface area contributed by atoms with Crippen molar-refractivity contribution in [2.45, 2.75) is 30.8 Å². The normalized spacial score (nSPS) is 12.7. The number of carbonyl (C=O) groups is 1. The lowest BCUT2D eigenvalue weighted by Crippen LogP contribution is -2.14. The fourth-order valence-electron chi connectivity index (χ4n) is 2.36. The van der Waals surface area contributed by atoms with Crippen molar-refractivity contribution in [3.05, 3.63) is 48.4 Å². The van der Waals surface area contributed by atoms with Gasteiger partial charge in [-0.05, 0) is 19.9 Å². The number of Topliss-reactive ketones (excluding diaryl/α,β-unsaturated/α-hetero) is 1. The molecule has 0 bridgehead atoms. The van der Waals surface area contributed by atoms with Crippen LogP contribution >= 0.6 is 11.8 Å². The monoisotopic (exact) mass is 299 g/mol. The first kappa shape index (κ1) is 13.9. The second kappa shape index (κ2) is 5.77. The Hall–Kier alpha value is -2.01. The lowest BCUT2D eigenvalue weighted by molar-refractivity contribution is 0.0995. The van der Waals surface area contributed by atoms with E-state index in [4.69, 9.17) is 0 Å². The second-order valence-corrected chi connectivity index (χ2v) is 6.18. The van der Waals surface area contributed by atoms with Crippen LogP contribution in [0.3, 0.4) is 0 Å². The molecule has 0 spiro atoms. The molecule has 0 fully saturated rings. The molecule has 21 heavy (non-hydrogen) atoms. The van der Waals surface area contributed by atoms with Crippen molar-refractivity contribution >= 4 is 28.4 Å². The maximum absolute atomic E-state index is 12.7. The number of ketones is 1. The molecule has 0 saturated heterocycles. The summed E-state index contributed by atoms with van der Waals surface area (Å²) >= 11 is 1.50. The van der Waals surface area contributed by atoms with Gasteiger partial charge in [-0.25, -0.2) is 4.98 Å². The molecule has 0 unspecified atom stereocenters. The number of carbonyl (C=O) groups excluding carboxylic acids is 1. The summed E-state index contributed by atoms with van der Waals surface area (Å²) in [7, 11) is 0. The van der Waals surface area contributed by atoms with Gasteiger partial charge < -0.3 is 9.55 Å². The van der Waals surface area contributed by atoms with Crippen LogP contribution in [0.2, 0.25) is 0 Å². The maximum Gasteiger partial charge on any atom is 0.178 e. The highest BCUT2D eigenvalue weighted by Crippen LogP contribution is 2.27. The Morgan fingerprint density at radius 1 is 1.43 bits per heavy atom. The molecule has 0 amide bonds. The van der Waals surface area contributed by atoms with Gasteiger partial charge >= 0.3 is 0 Å². The van der Waals surface area contributed by atoms with Crippen molar-refractivity contribution in [3.63, 3.8) is 0 Å². The number of nitrogens with zero attached hydrogens (tertiary/aromatic N) is 2. The van der Waals surface area contributed by atoms with Crippen molar-refractivity contribution in [2.24, 2.45) is 0 Å². The number of thioether (sulfide) groups is 1. The molecule has 0 aliphatic carbocycles. The van der Waals surface area contributed by atoms with Gasteiger partial charge in [0.05, 0.1) is 5.25 Å². The van der Waals surface area contributed by atoms with E-state index in [1.54, 1.807) is 12.4 Å². The number of H-pyrrole nitrogens is 1. The molecule has 0 saturated carbocycles. The van der Waals surface area contributed by atoms with E-state index in [2.05, 4.69) is 16.9 Å². The molecule has 1 aromatic carbocycles. The molecule has 1 atom stereocenters. The third-order valence-corrected chi connectivity index (χ3v) is 4.64. The number of aromatic nitrogens is 3. The van der Waals surface area contributed by atoms with E-state index in [0.717, 1.165) is 28.2 Å². The molecular weight excluding hydrogens is 282 g/mol. The maximum atomic E-state index is 12.7. The minimum absolute atomic E-state index is 0.128. The summed E-state index contributed by atoms with van der Waals surface area (Å²) in [6.45, 7) is 4.86. The van der Waals surface area contributed by atoms with E-state index < -0.39 is 0 Å². The van der Waals surface area contributed by atoms with Crippen LogP contribution in [0.4, 0.5) is 0 Å². The molecule has 3 rings (SSSR count). The number of para-hydroxylation sites is 1. The molecule has 4 nitrogen and oxygen atoms in total. The van der Waals surface area contributed by atoms with Gasteiger partial charge in [0.25, 0.3) is 0 Å². The first-order valence-corrected chi connectivity index (χ1v) is 7.86. The van der Waals surface area contributed by atoms with Gasteiger partial charge in [0.1, 0.15) is 0 Å². The Bertz CT molecular complexity index is 775. The lowest BCUT2D eigenvalue weighted by Gasteiger charge is -2.10. The van der Waals surface area contributed by atoms with Crippen LogP contribution in [0.15, 0.2) is 48.0 Å². The van der Waals surface area contributed by atoms with Crippen LogP contribution in [0.25, 0.3) is 10.9 Å². The van der Waals surface area contributed by atoms with Gasteiger partial charge in [0, 0.05) is 41.6 Å². The Kier molecular flexibility index (Phi) is 3.84. The van der Waals surface area contributed by atoms with E-state index in [1.165, 1.54) is 11.8 Å². The highest BCUT2D eigenvalue weighted by Gasteiger charge is 2.21. The van der Waals surface area contributed by atoms with Gasteiger partial charge in [-0.3, -0.25) is 4.79 Å². The smallest absolute Gasteiger partial charge is 0.178 e. The van der Waals surface area contributed by atoms with Crippen molar-refractivity contribution in [1.29, 1.82) is 0 Å². The third kappa shape index (κ3) is 2.61. The average Bonchev–Trinajstić information content (AvgIpc) is 3.12. The van der Waals surface area contributed by atoms with Gasteiger partial charge in [0.15, 0.2) is 10.9 Å². The zero-order valence-electron chi connectivity index (χ0n) is 12.0. The van der Waals surface area contributed by atoms with Crippen LogP contribution in [0.5, 0.6) is 0 Å². The number of imidazole rings is 1. The number of aryl methyl sites for hydroxylation is 1. The van der Waals surface area contributed by atoms with E-state index in [9.17, 15) is 4.79 Å². The Balaban J connectivity index is 1.84. The number of fused-ring (bicyclic) bond motifs is 1. The standard InChI is InChI=1S/C16H17N3OS/c1-3-19-9-8-17-16(19)21-11(2)15(20)13-10-18-14-7-5-4-6-12(13)14/h4-11,18H,3H2,1-2H3/t11-/m1/s1. The van der Waals surface area contributed by atoms with E-state index >= 15 is 0 Å². The second-order valence-electron chi connectivity index (χ2n) is 4.87. The zero-order chi connectivity index (χ0) is 14.8. The molecular formula is C16H17N3OS. The molecule has 2 heterocycles. The Morgan fingerprint density at radius 2 is 2.24 bits per heavy atom. The molecule has 3 aromatic rings. The fraction of sp³-hybridized carbons (Fsp3) is 0.250. The van der Waals surface area contributed by atoms with Gasteiger partial charge in [-0.15, -0.1) is 0 Å². The summed E-state index contributed by atoms with van der Waals surface area (Å²) in [5.74, 6) is 0.128. The molecule has 5 heteroatoms. The number of nitrogens with one attached hydrogen (secondary N) is 1. The summed E-state index contributed by atoms with van der Waals surface area (Å²) in [4.78, 5) is 20.1. The van der Waals surface area contributed by atoms with Crippen LogP contribution in [-0.2, 0) is 6.54 Å². The molecule has 0 aliphatic heterocycles. The van der Waals surface area contributed by atoms with E-state index in [1.807, 2.05) is 42.0 Å². The van der Waals surface area contributed by atoms with Crippen molar-refractivity contribution in [3.8, 4) is 0 Å². The quantitative estimate of drug-likeness (QED) is 0.576. The summed E-state index contributed by atoms with van der Waals surface area (Å²) in [5.41, 5.74) is 1.74. The summed E-state index contributed by atoms with van der Waals surface area (Å²) < 4.78 is 2.05. The van der Waals surface area contributed by atoms with E-state index in [0.29, 0.717) is 0 Å². The van der Waals surface area contributed by atoms with Crippen molar-refractivity contribution in [2.75, 3.05) is 0 Å². The first-order valence-electron chi connectivity index (χ1n) is 6.98. The summed E-state index contributed by atoms with van der Waals surface area (Å²) in [6.07, 6.45) is 5.51. The SMILES string of the molecule is CCn1ccnc1S[C@H](C)C(=O)c1c[nH]c2ccccc12.